The molecule has 0 saturated heterocycles. The summed E-state index contributed by atoms with van der Waals surface area (Å²) < 4.78 is 15.5. The minimum absolute atomic E-state index is 0.267. The maximum atomic E-state index is 12.1. The third-order valence-electron chi connectivity index (χ3n) is 3.12. The Balaban J connectivity index is 1.89. The molecular weight excluding hydrogens is 348 g/mol. The lowest BCUT2D eigenvalue weighted by molar-refractivity contribution is -0.123. The molecule has 0 unspecified atom stereocenters. The minimum atomic E-state index is -0.539. The second-order valence-electron chi connectivity index (χ2n) is 4.82. The molecule has 2 aromatic rings. The molecular formula is C17H17ClN2O5. The fraction of sp³-hybridized carbons (Fsp3) is 0.176. The molecule has 132 valence electrons. The normalized spacial score (nSPS) is 9.88. The first kappa shape index (κ1) is 18.4. The van der Waals surface area contributed by atoms with Crippen molar-refractivity contribution in [3.63, 3.8) is 0 Å². The smallest absolute Gasteiger partial charge is 0.276 e. The van der Waals surface area contributed by atoms with Crippen LogP contribution in [0.25, 0.3) is 0 Å². The van der Waals surface area contributed by atoms with Gasteiger partial charge in [-0.1, -0.05) is 23.7 Å². The van der Waals surface area contributed by atoms with Gasteiger partial charge in [-0.3, -0.25) is 20.4 Å². The van der Waals surface area contributed by atoms with E-state index >= 15 is 0 Å². The highest BCUT2D eigenvalue weighted by atomic mass is 35.5. The molecule has 0 bridgehead atoms. The maximum absolute atomic E-state index is 12.1. The van der Waals surface area contributed by atoms with Crippen molar-refractivity contribution < 1.29 is 23.8 Å². The monoisotopic (exact) mass is 364 g/mol. The Morgan fingerprint density at radius 2 is 1.64 bits per heavy atom. The lowest BCUT2D eigenvalue weighted by Gasteiger charge is -2.11. The fourth-order valence-corrected chi connectivity index (χ4v) is 2.07. The number of nitrogens with one attached hydrogen (secondary N) is 2. The predicted molar refractivity (Wildman–Crippen MR) is 92.1 cm³/mol. The van der Waals surface area contributed by atoms with Gasteiger partial charge in [-0.2, -0.15) is 0 Å². The van der Waals surface area contributed by atoms with Crippen LogP contribution in [0.5, 0.6) is 17.2 Å². The van der Waals surface area contributed by atoms with E-state index in [0.717, 1.165) is 0 Å². The number of carbonyl (C=O) groups excluding carboxylic acids is 2. The molecule has 25 heavy (non-hydrogen) atoms. The first-order valence-electron chi connectivity index (χ1n) is 7.23. The van der Waals surface area contributed by atoms with E-state index < -0.39 is 11.8 Å². The highest BCUT2D eigenvalue weighted by Crippen LogP contribution is 2.23. The molecule has 0 heterocycles. The zero-order valence-corrected chi connectivity index (χ0v) is 14.4. The Morgan fingerprint density at radius 1 is 1.00 bits per heavy atom. The van der Waals surface area contributed by atoms with Gasteiger partial charge in [0.25, 0.3) is 11.8 Å². The Morgan fingerprint density at radius 3 is 2.24 bits per heavy atom. The summed E-state index contributed by atoms with van der Waals surface area (Å²) in [5, 5.41) is 0.391. The first-order valence-corrected chi connectivity index (χ1v) is 7.61. The van der Waals surface area contributed by atoms with Crippen molar-refractivity contribution >= 4 is 23.4 Å². The Bertz CT molecular complexity index is 744. The van der Waals surface area contributed by atoms with E-state index in [9.17, 15) is 9.59 Å². The molecule has 0 aromatic heterocycles. The number of hydrazine groups is 1. The largest absolute Gasteiger partial charge is 0.497 e. The summed E-state index contributed by atoms with van der Waals surface area (Å²) in [7, 11) is 2.95. The van der Waals surface area contributed by atoms with Gasteiger partial charge in [0.2, 0.25) is 0 Å². The van der Waals surface area contributed by atoms with Crippen molar-refractivity contribution in [3.8, 4) is 17.2 Å². The molecule has 7 nitrogen and oxygen atoms in total. The molecule has 2 N–H and O–H groups in total. The first-order chi connectivity index (χ1) is 12.0. The fourth-order valence-electron chi connectivity index (χ4n) is 1.88. The van der Waals surface area contributed by atoms with E-state index in [1.807, 2.05) is 0 Å². The average Bonchev–Trinajstić information content (AvgIpc) is 2.64. The van der Waals surface area contributed by atoms with Gasteiger partial charge in [-0.05, 0) is 24.3 Å². The Hall–Kier alpha value is -2.93. The second kappa shape index (κ2) is 8.79. The standard InChI is InChI=1S/C17H17ClN2O5/c1-23-12-7-11(8-13(9-12)24-2)17(22)20-19-16(21)10-25-15-6-4-3-5-14(15)18/h3-9H,10H2,1-2H3,(H,19,21)(H,20,22). The summed E-state index contributed by atoms with van der Waals surface area (Å²) in [4.78, 5) is 23.9. The van der Waals surface area contributed by atoms with Crippen molar-refractivity contribution in [1.82, 2.24) is 10.9 Å². The van der Waals surface area contributed by atoms with Gasteiger partial charge in [0, 0.05) is 11.6 Å². The highest BCUT2D eigenvalue weighted by molar-refractivity contribution is 6.32. The van der Waals surface area contributed by atoms with Crippen LogP contribution in [-0.4, -0.2) is 32.6 Å². The summed E-state index contributed by atoms with van der Waals surface area (Å²) in [5.74, 6) is 0.227. The van der Waals surface area contributed by atoms with Crippen LogP contribution in [-0.2, 0) is 4.79 Å². The summed E-state index contributed by atoms with van der Waals surface area (Å²) in [6.45, 7) is -0.300. The molecule has 0 spiro atoms. The van der Waals surface area contributed by atoms with Gasteiger partial charge in [0.15, 0.2) is 6.61 Å². The van der Waals surface area contributed by atoms with Crippen LogP contribution >= 0.6 is 11.6 Å². The van der Waals surface area contributed by atoms with Gasteiger partial charge in [0.1, 0.15) is 17.2 Å². The van der Waals surface area contributed by atoms with Crippen LogP contribution in [0.3, 0.4) is 0 Å². The number of halogens is 1. The highest BCUT2D eigenvalue weighted by Gasteiger charge is 2.11. The number of benzene rings is 2. The third kappa shape index (κ3) is 5.29. The van der Waals surface area contributed by atoms with E-state index in [1.54, 1.807) is 30.3 Å². The predicted octanol–water partition coefficient (Wildman–Crippen LogP) is 2.20. The third-order valence-corrected chi connectivity index (χ3v) is 3.44. The van der Waals surface area contributed by atoms with Gasteiger partial charge in [-0.15, -0.1) is 0 Å². The van der Waals surface area contributed by atoms with Crippen LogP contribution < -0.4 is 25.1 Å². The van der Waals surface area contributed by atoms with Crippen LogP contribution in [0, 0.1) is 0 Å². The van der Waals surface area contributed by atoms with Gasteiger partial charge in [-0.25, -0.2) is 0 Å². The molecule has 0 aliphatic rings. The number of amides is 2. The van der Waals surface area contributed by atoms with E-state index in [-0.39, 0.29) is 12.2 Å². The second-order valence-corrected chi connectivity index (χ2v) is 5.23. The number of para-hydroxylation sites is 1. The van der Waals surface area contributed by atoms with Crippen LogP contribution in [0.15, 0.2) is 42.5 Å². The van der Waals surface area contributed by atoms with E-state index in [2.05, 4.69) is 10.9 Å². The maximum Gasteiger partial charge on any atom is 0.276 e. The van der Waals surface area contributed by atoms with E-state index in [0.29, 0.717) is 22.3 Å². The SMILES string of the molecule is COc1cc(OC)cc(C(=O)NNC(=O)COc2ccccc2Cl)c1. The zero-order valence-electron chi connectivity index (χ0n) is 13.7. The number of ether oxygens (including phenoxy) is 3. The molecule has 0 saturated carbocycles. The van der Waals surface area contributed by atoms with Gasteiger partial charge in [0.05, 0.1) is 19.2 Å². The number of carbonyl (C=O) groups is 2. The molecule has 0 fully saturated rings. The summed E-state index contributed by atoms with van der Waals surface area (Å²) in [6, 6.07) is 11.4. The lowest BCUT2D eigenvalue weighted by atomic mass is 10.2. The molecule has 0 aliphatic carbocycles. The summed E-state index contributed by atoms with van der Waals surface area (Å²) >= 11 is 5.92. The number of rotatable bonds is 6. The van der Waals surface area contributed by atoms with E-state index in [1.165, 1.54) is 26.4 Å². The molecule has 0 atom stereocenters. The lowest BCUT2D eigenvalue weighted by Crippen LogP contribution is -2.43. The van der Waals surface area contributed by atoms with Gasteiger partial charge >= 0.3 is 0 Å². The minimum Gasteiger partial charge on any atom is -0.497 e. The van der Waals surface area contributed by atoms with Crippen LogP contribution in [0.4, 0.5) is 0 Å². The van der Waals surface area contributed by atoms with Crippen molar-refractivity contribution in [2.24, 2.45) is 0 Å². The Kier molecular flexibility index (Phi) is 6.47. The van der Waals surface area contributed by atoms with Crippen molar-refractivity contribution in [1.29, 1.82) is 0 Å². The topological polar surface area (TPSA) is 85.9 Å². The zero-order chi connectivity index (χ0) is 18.2. The van der Waals surface area contributed by atoms with Gasteiger partial charge < -0.3 is 14.2 Å². The number of methoxy groups -OCH3 is 2. The van der Waals surface area contributed by atoms with Crippen molar-refractivity contribution in [2.45, 2.75) is 0 Å². The van der Waals surface area contributed by atoms with Crippen molar-refractivity contribution in [3.05, 3.63) is 53.1 Å². The molecule has 0 radical (unpaired) electrons. The average molecular weight is 365 g/mol. The number of hydrogen-bond donors (Lipinski definition) is 2. The number of hydrogen-bond acceptors (Lipinski definition) is 5. The van der Waals surface area contributed by atoms with E-state index in [4.69, 9.17) is 25.8 Å². The summed E-state index contributed by atoms with van der Waals surface area (Å²) in [5.41, 5.74) is 4.81. The molecule has 0 aliphatic heterocycles. The quantitative estimate of drug-likeness (QED) is 0.767. The van der Waals surface area contributed by atoms with Crippen LogP contribution in [0.1, 0.15) is 10.4 Å². The molecule has 2 aromatic carbocycles. The Labute approximate surface area is 149 Å². The van der Waals surface area contributed by atoms with Crippen LogP contribution in [0.2, 0.25) is 5.02 Å². The van der Waals surface area contributed by atoms with Crippen molar-refractivity contribution in [2.75, 3.05) is 20.8 Å². The molecule has 2 amide bonds. The molecule has 8 heteroatoms. The molecule has 2 rings (SSSR count). The summed E-state index contributed by atoms with van der Waals surface area (Å²) in [6.07, 6.45) is 0.